The average Bonchev–Trinajstić information content (AvgIpc) is 2.12. The van der Waals surface area contributed by atoms with Crippen molar-refractivity contribution in [3.05, 3.63) is 12.2 Å². The van der Waals surface area contributed by atoms with Crippen LogP contribution >= 0.6 is 0 Å². The molecule has 0 saturated heterocycles. The van der Waals surface area contributed by atoms with E-state index in [9.17, 15) is 14.4 Å². The molecule has 0 heterocycles. The lowest BCUT2D eigenvalue weighted by Gasteiger charge is -2.00. The molecule has 2 N–H and O–H groups in total. The fourth-order valence-corrected chi connectivity index (χ4v) is 0.525. The number of carbonyl (C=O) groups is 3. The lowest BCUT2D eigenvalue weighted by molar-refractivity contribution is -0.137. The zero-order chi connectivity index (χ0) is 11.0. The molecule has 0 saturated carbocycles. The van der Waals surface area contributed by atoms with Gasteiger partial charge in [0, 0.05) is 19.1 Å². The molecule has 0 radical (unpaired) electrons. The molecule has 0 aromatic rings. The quantitative estimate of drug-likeness (QED) is 0.357. The minimum atomic E-state index is -0.606. The van der Waals surface area contributed by atoms with E-state index < -0.39 is 17.8 Å². The van der Waals surface area contributed by atoms with Crippen molar-refractivity contribution in [1.82, 2.24) is 10.9 Å². The fraction of sp³-hybridized carbons (Fsp3) is 0.375. The van der Waals surface area contributed by atoms with Crippen LogP contribution in [0.25, 0.3) is 0 Å². The van der Waals surface area contributed by atoms with Gasteiger partial charge in [-0.25, -0.2) is 4.79 Å². The Bertz CT molecular complexity index is 260. The number of carbonyl (C=O) groups excluding carboxylic acids is 3. The number of hydrazine groups is 1. The van der Waals surface area contributed by atoms with Crippen molar-refractivity contribution in [3.63, 3.8) is 0 Å². The Morgan fingerprint density at radius 1 is 1.21 bits per heavy atom. The van der Waals surface area contributed by atoms with E-state index in [-0.39, 0.29) is 6.61 Å². The number of esters is 1. The molecular weight excluding hydrogens is 188 g/mol. The van der Waals surface area contributed by atoms with Gasteiger partial charge < -0.3 is 4.74 Å². The highest BCUT2D eigenvalue weighted by Gasteiger charge is 1.98. The Kier molecular flexibility index (Phi) is 5.77. The Hall–Kier alpha value is -1.85. The largest absolute Gasteiger partial charge is 0.463 e. The highest BCUT2D eigenvalue weighted by Crippen LogP contribution is 1.80. The standard InChI is InChI=1S/C8H12N2O4/c1-3-14-8(13)5-4-7(12)10-9-6(2)11/h4-5H,3H2,1-2H3,(H,9,11)(H,10,12)/b5-4+. The maximum atomic E-state index is 10.8. The van der Waals surface area contributed by atoms with E-state index in [0.717, 1.165) is 12.2 Å². The summed E-state index contributed by atoms with van der Waals surface area (Å²) in [4.78, 5) is 31.9. The van der Waals surface area contributed by atoms with E-state index in [4.69, 9.17) is 0 Å². The normalized spacial score (nSPS) is 9.57. The van der Waals surface area contributed by atoms with Crippen LogP contribution in [0.3, 0.4) is 0 Å². The van der Waals surface area contributed by atoms with Crippen LogP contribution in [0, 0.1) is 0 Å². The second kappa shape index (κ2) is 6.64. The summed E-state index contributed by atoms with van der Waals surface area (Å²) in [6, 6.07) is 0. The van der Waals surface area contributed by atoms with Gasteiger partial charge in [-0.1, -0.05) is 0 Å². The number of ether oxygens (including phenoxy) is 1. The van der Waals surface area contributed by atoms with Crippen LogP contribution in [0.2, 0.25) is 0 Å². The topological polar surface area (TPSA) is 84.5 Å². The number of rotatable bonds is 3. The first kappa shape index (κ1) is 12.2. The molecule has 0 rings (SSSR count). The number of hydrogen-bond donors (Lipinski definition) is 2. The van der Waals surface area contributed by atoms with Crippen molar-refractivity contribution in [1.29, 1.82) is 0 Å². The molecule has 0 bridgehead atoms. The van der Waals surface area contributed by atoms with Crippen molar-refractivity contribution in [3.8, 4) is 0 Å². The molecule has 0 aliphatic rings. The lowest BCUT2D eigenvalue weighted by Crippen LogP contribution is -2.39. The molecule has 0 atom stereocenters. The zero-order valence-electron chi connectivity index (χ0n) is 7.99. The van der Waals surface area contributed by atoms with E-state index in [1.807, 2.05) is 5.43 Å². The van der Waals surface area contributed by atoms with Crippen molar-refractivity contribution in [2.45, 2.75) is 13.8 Å². The molecule has 0 aromatic carbocycles. The Morgan fingerprint density at radius 3 is 2.36 bits per heavy atom. The fourth-order valence-electron chi connectivity index (χ4n) is 0.525. The van der Waals surface area contributed by atoms with Crippen LogP contribution in [0.1, 0.15) is 13.8 Å². The molecular formula is C8H12N2O4. The van der Waals surface area contributed by atoms with Crippen LogP contribution in [-0.4, -0.2) is 24.4 Å². The predicted molar refractivity (Wildman–Crippen MR) is 47.7 cm³/mol. The van der Waals surface area contributed by atoms with E-state index in [1.165, 1.54) is 6.92 Å². The third-order valence-corrected chi connectivity index (χ3v) is 1.02. The summed E-state index contributed by atoms with van der Waals surface area (Å²) in [6.45, 7) is 3.15. The van der Waals surface area contributed by atoms with Crippen LogP contribution in [-0.2, 0) is 19.1 Å². The van der Waals surface area contributed by atoms with Crippen molar-refractivity contribution >= 4 is 17.8 Å². The van der Waals surface area contributed by atoms with Gasteiger partial charge in [-0.3, -0.25) is 20.4 Å². The Labute approximate surface area is 81.3 Å². The molecule has 0 fully saturated rings. The smallest absolute Gasteiger partial charge is 0.330 e. The van der Waals surface area contributed by atoms with Gasteiger partial charge in [-0.2, -0.15) is 0 Å². The molecule has 0 unspecified atom stereocenters. The molecule has 0 aliphatic carbocycles. The first-order valence-corrected chi connectivity index (χ1v) is 3.97. The summed E-state index contributed by atoms with van der Waals surface area (Å²) in [5, 5.41) is 0. The van der Waals surface area contributed by atoms with Gasteiger partial charge in [0.2, 0.25) is 5.91 Å². The molecule has 0 aliphatic heterocycles. The van der Waals surface area contributed by atoms with E-state index in [0.29, 0.717) is 0 Å². The van der Waals surface area contributed by atoms with Crippen molar-refractivity contribution < 1.29 is 19.1 Å². The molecule has 6 heteroatoms. The van der Waals surface area contributed by atoms with Gasteiger partial charge in [-0.05, 0) is 6.92 Å². The van der Waals surface area contributed by atoms with Gasteiger partial charge in [0.15, 0.2) is 0 Å². The molecule has 78 valence electrons. The SMILES string of the molecule is CCOC(=O)/C=C/C(=O)NNC(C)=O. The second-order valence-corrected chi connectivity index (χ2v) is 2.26. The monoisotopic (exact) mass is 200 g/mol. The minimum absolute atomic E-state index is 0.247. The highest BCUT2D eigenvalue weighted by molar-refractivity contribution is 5.95. The molecule has 0 spiro atoms. The van der Waals surface area contributed by atoms with Crippen LogP contribution in [0.5, 0.6) is 0 Å². The third kappa shape index (κ3) is 6.84. The first-order chi connectivity index (χ1) is 6.56. The first-order valence-electron chi connectivity index (χ1n) is 3.97. The van der Waals surface area contributed by atoms with Crippen LogP contribution < -0.4 is 10.9 Å². The number of nitrogens with one attached hydrogen (secondary N) is 2. The molecule has 6 nitrogen and oxygen atoms in total. The van der Waals surface area contributed by atoms with Crippen LogP contribution in [0.4, 0.5) is 0 Å². The van der Waals surface area contributed by atoms with E-state index in [2.05, 4.69) is 10.2 Å². The third-order valence-electron chi connectivity index (χ3n) is 1.02. The zero-order valence-corrected chi connectivity index (χ0v) is 7.99. The van der Waals surface area contributed by atoms with Crippen molar-refractivity contribution in [2.24, 2.45) is 0 Å². The Balaban J connectivity index is 3.81. The average molecular weight is 200 g/mol. The molecule has 14 heavy (non-hydrogen) atoms. The summed E-state index contributed by atoms with van der Waals surface area (Å²) < 4.78 is 4.52. The van der Waals surface area contributed by atoms with Gasteiger partial charge in [-0.15, -0.1) is 0 Å². The Morgan fingerprint density at radius 2 is 1.86 bits per heavy atom. The van der Waals surface area contributed by atoms with Gasteiger partial charge in [0.05, 0.1) is 6.61 Å². The van der Waals surface area contributed by atoms with E-state index in [1.54, 1.807) is 6.92 Å². The highest BCUT2D eigenvalue weighted by atomic mass is 16.5. The van der Waals surface area contributed by atoms with Crippen LogP contribution in [0.15, 0.2) is 12.2 Å². The maximum Gasteiger partial charge on any atom is 0.330 e. The van der Waals surface area contributed by atoms with Gasteiger partial charge in [0.1, 0.15) is 0 Å². The number of hydrogen-bond acceptors (Lipinski definition) is 4. The number of amides is 2. The molecule has 2 amide bonds. The second-order valence-electron chi connectivity index (χ2n) is 2.26. The summed E-state index contributed by atoms with van der Waals surface area (Å²) in [5.41, 5.74) is 4.11. The summed E-state index contributed by atoms with van der Waals surface area (Å²) >= 11 is 0. The maximum absolute atomic E-state index is 10.8. The van der Waals surface area contributed by atoms with E-state index >= 15 is 0 Å². The van der Waals surface area contributed by atoms with Gasteiger partial charge >= 0.3 is 5.97 Å². The lowest BCUT2D eigenvalue weighted by atomic mass is 10.5. The molecule has 0 aromatic heterocycles. The summed E-state index contributed by atoms with van der Waals surface area (Å²) in [5.74, 6) is -1.61. The van der Waals surface area contributed by atoms with Crippen molar-refractivity contribution in [2.75, 3.05) is 6.61 Å². The minimum Gasteiger partial charge on any atom is -0.463 e. The summed E-state index contributed by atoms with van der Waals surface area (Å²) in [6.07, 6.45) is 1.94. The summed E-state index contributed by atoms with van der Waals surface area (Å²) in [7, 11) is 0. The predicted octanol–water partition coefficient (Wildman–Crippen LogP) is -0.727. The van der Waals surface area contributed by atoms with Gasteiger partial charge in [0.25, 0.3) is 5.91 Å².